The van der Waals surface area contributed by atoms with Crippen LogP contribution in [0, 0.1) is 20.8 Å². The highest BCUT2D eigenvalue weighted by Gasteiger charge is 2.16. The van der Waals surface area contributed by atoms with Gasteiger partial charge in [-0.1, -0.05) is 6.07 Å². The highest BCUT2D eigenvalue weighted by molar-refractivity contribution is 5.94. The Kier molecular flexibility index (Phi) is 7.28. The molecule has 0 saturated heterocycles. The van der Waals surface area contributed by atoms with Crippen LogP contribution in [-0.2, 0) is 6.61 Å². The topological polar surface area (TPSA) is 38.8 Å². The summed E-state index contributed by atoms with van der Waals surface area (Å²) in [5.74, 6) is 1.66. The van der Waals surface area contributed by atoms with E-state index in [1.165, 1.54) is 11.1 Å². The Bertz CT molecular complexity index is 794. The van der Waals surface area contributed by atoms with E-state index in [1.54, 1.807) is 0 Å². The number of aryl methyl sites for hydroxylation is 2. The molecule has 1 amide bonds. The predicted molar refractivity (Wildman–Crippen MR) is 110 cm³/mol. The van der Waals surface area contributed by atoms with Crippen LogP contribution in [0.2, 0.25) is 0 Å². The SMILES string of the molecule is CCOc1ccc(C(=O)N(CC)CC)cc1COc1cc(C)cc(C)c1C. The smallest absolute Gasteiger partial charge is 0.253 e. The quantitative estimate of drug-likeness (QED) is 0.652. The molecular weight excluding hydrogens is 338 g/mol. The van der Waals surface area contributed by atoms with Crippen molar-refractivity contribution in [2.45, 2.75) is 48.1 Å². The summed E-state index contributed by atoms with van der Waals surface area (Å²) in [5.41, 5.74) is 5.06. The maximum absolute atomic E-state index is 12.7. The molecule has 0 bridgehead atoms. The molecule has 0 spiro atoms. The fourth-order valence-corrected chi connectivity index (χ4v) is 3.12. The van der Waals surface area contributed by atoms with Crippen molar-refractivity contribution < 1.29 is 14.3 Å². The van der Waals surface area contributed by atoms with E-state index in [1.807, 2.05) is 49.9 Å². The normalized spacial score (nSPS) is 10.6. The van der Waals surface area contributed by atoms with E-state index in [0.29, 0.717) is 31.9 Å². The van der Waals surface area contributed by atoms with Gasteiger partial charge in [0, 0.05) is 24.2 Å². The fourth-order valence-electron chi connectivity index (χ4n) is 3.12. The number of carbonyl (C=O) groups excluding carboxylic acids is 1. The summed E-state index contributed by atoms with van der Waals surface area (Å²) in [6.07, 6.45) is 0. The summed E-state index contributed by atoms with van der Waals surface area (Å²) in [6.45, 7) is 14.5. The van der Waals surface area contributed by atoms with Crippen molar-refractivity contribution in [2.24, 2.45) is 0 Å². The Hall–Kier alpha value is -2.49. The lowest BCUT2D eigenvalue weighted by Gasteiger charge is -2.20. The molecule has 2 aromatic rings. The van der Waals surface area contributed by atoms with Gasteiger partial charge in [0.05, 0.1) is 6.61 Å². The lowest BCUT2D eigenvalue weighted by molar-refractivity contribution is 0.0772. The standard InChI is InChI=1S/C23H31NO3/c1-7-24(8-2)23(25)19-10-11-21(26-9-3)20(14-19)15-27-22-13-16(4)12-17(5)18(22)6/h10-14H,7-9,15H2,1-6H3. The molecule has 0 fully saturated rings. The monoisotopic (exact) mass is 369 g/mol. The zero-order chi connectivity index (χ0) is 20.0. The largest absolute Gasteiger partial charge is 0.493 e. The third kappa shape index (κ3) is 5.03. The van der Waals surface area contributed by atoms with Gasteiger partial charge in [0.25, 0.3) is 5.91 Å². The van der Waals surface area contributed by atoms with E-state index in [4.69, 9.17) is 9.47 Å². The molecular formula is C23H31NO3. The Balaban J connectivity index is 2.31. The highest BCUT2D eigenvalue weighted by atomic mass is 16.5. The first-order valence-corrected chi connectivity index (χ1v) is 9.66. The van der Waals surface area contributed by atoms with E-state index in [0.717, 1.165) is 22.6 Å². The Morgan fingerprint density at radius 2 is 1.63 bits per heavy atom. The maximum Gasteiger partial charge on any atom is 0.253 e. The zero-order valence-corrected chi connectivity index (χ0v) is 17.4. The lowest BCUT2D eigenvalue weighted by atomic mass is 10.1. The van der Waals surface area contributed by atoms with E-state index >= 15 is 0 Å². The van der Waals surface area contributed by atoms with Crippen molar-refractivity contribution >= 4 is 5.91 Å². The molecule has 0 aliphatic carbocycles. The molecule has 0 aliphatic heterocycles. The molecule has 0 unspecified atom stereocenters. The molecule has 4 heteroatoms. The maximum atomic E-state index is 12.7. The van der Waals surface area contributed by atoms with Crippen LogP contribution in [0.3, 0.4) is 0 Å². The number of nitrogens with zero attached hydrogens (tertiary/aromatic N) is 1. The molecule has 2 aromatic carbocycles. The van der Waals surface area contributed by atoms with Gasteiger partial charge in [-0.25, -0.2) is 0 Å². The van der Waals surface area contributed by atoms with E-state index in [9.17, 15) is 4.79 Å². The minimum atomic E-state index is 0.0341. The molecule has 0 heterocycles. The van der Waals surface area contributed by atoms with Gasteiger partial charge in [0.2, 0.25) is 0 Å². The highest BCUT2D eigenvalue weighted by Crippen LogP contribution is 2.27. The van der Waals surface area contributed by atoms with Gasteiger partial charge >= 0.3 is 0 Å². The average molecular weight is 370 g/mol. The number of ether oxygens (including phenoxy) is 2. The van der Waals surface area contributed by atoms with Gasteiger partial charge in [0.1, 0.15) is 18.1 Å². The van der Waals surface area contributed by atoms with Crippen LogP contribution >= 0.6 is 0 Å². The van der Waals surface area contributed by atoms with E-state index in [-0.39, 0.29) is 5.91 Å². The molecule has 0 atom stereocenters. The van der Waals surface area contributed by atoms with Crippen LogP contribution in [-0.4, -0.2) is 30.5 Å². The number of amides is 1. The molecule has 2 rings (SSSR count). The average Bonchev–Trinajstić information content (AvgIpc) is 2.65. The van der Waals surface area contributed by atoms with Gasteiger partial charge in [-0.15, -0.1) is 0 Å². The van der Waals surface area contributed by atoms with Crippen LogP contribution in [0.15, 0.2) is 30.3 Å². The minimum Gasteiger partial charge on any atom is -0.493 e. The molecule has 0 N–H and O–H groups in total. The number of carbonyl (C=O) groups is 1. The molecule has 146 valence electrons. The first kappa shape index (κ1) is 20.8. The summed E-state index contributed by atoms with van der Waals surface area (Å²) < 4.78 is 11.9. The Labute approximate surface area is 163 Å². The summed E-state index contributed by atoms with van der Waals surface area (Å²) >= 11 is 0. The zero-order valence-electron chi connectivity index (χ0n) is 17.4. The number of hydrogen-bond acceptors (Lipinski definition) is 3. The summed E-state index contributed by atoms with van der Waals surface area (Å²) in [6, 6.07) is 9.79. The van der Waals surface area contributed by atoms with Crippen LogP contribution < -0.4 is 9.47 Å². The minimum absolute atomic E-state index is 0.0341. The second-order valence-corrected chi connectivity index (χ2v) is 6.73. The number of rotatable bonds is 8. The molecule has 0 saturated carbocycles. The van der Waals surface area contributed by atoms with Gasteiger partial charge < -0.3 is 14.4 Å². The Morgan fingerprint density at radius 1 is 0.926 bits per heavy atom. The first-order valence-electron chi connectivity index (χ1n) is 9.66. The van der Waals surface area contributed by atoms with Gasteiger partial charge in [-0.3, -0.25) is 4.79 Å². The molecule has 0 aliphatic rings. The Morgan fingerprint density at radius 3 is 2.26 bits per heavy atom. The third-order valence-corrected chi connectivity index (χ3v) is 4.81. The second-order valence-electron chi connectivity index (χ2n) is 6.73. The molecule has 0 radical (unpaired) electrons. The van der Waals surface area contributed by atoms with Crippen molar-refractivity contribution in [3.8, 4) is 11.5 Å². The van der Waals surface area contributed by atoms with Crippen LogP contribution in [0.1, 0.15) is 53.4 Å². The molecule has 27 heavy (non-hydrogen) atoms. The predicted octanol–water partition coefficient (Wildman–Crippen LogP) is 5.07. The second kappa shape index (κ2) is 9.45. The van der Waals surface area contributed by atoms with Crippen molar-refractivity contribution in [3.63, 3.8) is 0 Å². The molecule has 0 aromatic heterocycles. The first-order chi connectivity index (χ1) is 12.9. The third-order valence-electron chi connectivity index (χ3n) is 4.81. The summed E-state index contributed by atoms with van der Waals surface area (Å²) in [4.78, 5) is 14.5. The van der Waals surface area contributed by atoms with Crippen molar-refractivity contribution in [1.82, 2.24) is 4.90 Å². The van der Waals surface area contributed by atoms with Crippen molar-refractivity contribution in [1.29, 1.82) is 0 Å². The number of benzene rings is 2. The fraction of sp³-hybridized carbons (Fsp3) is 0.435. The summed E-state index contributed by atoms with van der Waals surface area (Å²) in [7, 11) is 0. The molecule has 4 nitrogen and oxygen atoms in total. The van der Waals surface area contributed by atoms with E-state index < -0.39 is 0 Å². The van der Waals surface area contributed by atoms with Crippen LogP contribution in [0.4, 0.5) is 0 Å². The summed E-state index contributed by atoms with van der Waals surface area (Å²) in [5, 5.41) is 0. The number of hydrogen-bond donors (Lipinski definition) is 0. The van der Waals surface area contributed by atoms with Gasteiger partial charge in [-0.05, 0) is 82.5 Å². The van der Waals surface area contributed by atoms with Gasteiger partial charge in [0.15, 0.2) is 0 Å². The lowest BCUT2D eigenvalue weighted by Crippen LogP contribution is -2.30. The van der Waals surface area contributed by atoms with Crippen LogP contribution in [0.5, 0.6) is 11.5 Å². The van der Waals surface area contributed by atoms with E-state index in [2.05, 4.69) is 26.8 Å². The van der Waals surface area contributed by atoms with Crippen molar-refractivity contribution in [2.75, 3.05) is 19.7 Å². The van der Waals surface area contributed by atoms with Crippen molar-refractivity contribution in [3.05, 3.63) is 58.1 Å². The van der Waals surface area contributed by atoms with Crippen LogP contribution in [0.25, 0.3) is 0 Å². The van der Waals surface area contributed by atoms with Gasteiger partial charge in [-0.2, -0.15) is 0 Å².